The van der Waals surface area contributed by atoms with E-state index in [2.05, 4.69) is 22.0 Å². The number of nitrogens with one attached hydrogen (secondary N) is 1. The molecule has 0 bridgehead atoms. The molecule has 0 atom stereocenters. The molecule has 0 saturated heterocycles. The van der Waals surface area contributed by atoms with Crippen molar-refractivity contribution in [2.24, 2.45) is 0 Å². The van der Waals surface area contributed by atoms with Crippen LogP contribution in [0.15, 0.2) is 12.2 Å². The summed E-state index contributed by atoms with van der Waals surface area (Å²) in [5.41, 5.74) is 2.12. The Labute approximate surface area is 72.3 Å². The highest BCUT2D eigenvalue weighted by Crippen LogP contribution is 2.13. The molecule has 0 amide bonds. The highest BCUT2D eigenvalue weighted by molar-refractivity contribution is 5.41. The number of anilines is 1. The minimum atomic E-state index is 0.806. The molecule has 1 heterocycles. The molecular weight excluding hydrogens is 152 g/mol. The Morgan fingerprint density at radius 1 is 1.58 bits per heavy atom. The second-order valence-electron chi connectivity index (χ2n) is 3.14. The van der Waals surface area contributed by atoms with E-state index in [1.807, 2.05) is 25.9 Å². The molecule has 0 fully saturated rings. The number of hydrogen-bond acceptors (Lipinski definition) is 3. The zero-order valence-corrected chi connectivity index (χ0v) is 7.76. The summed E-state index contributed by atoms with van der Waals surface area (Å²) >= 11 is 0. The Morgan fingerprint density at radius 2 is 2.25 bits per heavy atom. The van der Waals surface area contributed by atoms with Crippen LogP contribution >= 0.6 is 0 Å². The van der Waals surface area contributed by atoms with E-state index in [0.717, 1.165) is 23.5 Å². The molecule has 0 spiro atoms. The van der Waals surface area contributed by atoms with Crippen LogP contribution in [0.2, 0.25) is 0 Å². The van der Waals surface area contributed by atoms with Crippen LogP contribution in [0.4, 0.5) is 5.82 Å². The number of allylic oxidation sites excluding steroid dienone is 1. The summed E-state index contributed by atoms with van der Waals surface area (Å²) in [5.74, 6) is 0.887. The average Bonchev–Trinajstić information content (AvgIpc) is 2.33. The van der Waals surface area contributed by atoms with E-state index in [9.17, 15) is 0 Å². The Morgan fingerprint density at radius 3 is 2.75 bits per heavy atom. The molecule has 1 rings (SSSR count). The van der Waals surface area contributed by atoms with Crippen molar-refractivity contribution in [3.8, 4) is 0 Å². The first kappa shape index (κ1) is 8.77. The third kappa shape index (κ3) is 1.84. The average molecular weight is 166 g/mol. The van der Waals surface area contributed by atoms with Crippen LogP contribution in [0.25, 0.3) is 0 Å². The number of rotatable bonds is 3. The molecule has 4 nitrogen and oxygen atoms in total. The number of H-pyrrole nitrogens is 1. The number of hydrogen-bond donors (Lipinski definition) is 1. The topological polar surface area (TPSA) is 44.8 Å². The van der Waals surface area contributed by atoms with Gasteiger partial charge in [-0.25, -0.2) is 0 Å². The van der Waals surface area contributed by atoms with E-state index in [-0.39, 0.29) is 0 Å². The van der Waals surface area contributed by atoms with Crippen LogP contribution in [0.1, 0.15) is 12.6 Å². The Hall–Kier alpha value is -1.32. The minimum Gasteiger partial charge on any atom is -0.360 e. The van der Waals surface area contributed by atoms with Crippen molar-refractivity contribution in [2.75, 3.05) is 19.0 Å². The molecule has 0 unspecified atom stereocenters. The first-order chi connectivity index (χ1) is 5.61. The van der Waals surface area contributed by atoms with Gasteiger partial charge in [0, 0.05) is 20.5 Å². The van der Waals surface area contributed by atoms with Crippen molar-refractivity contribution in [3.05, 3.63) is 17.8 Å². The molecule has 0 radical (unpaired) electrons. The van der Waals surface area contributed by atoms with Crippen LogP contribution in [-0.2, 0) is 6.42 Å². The van der Waals surface area contributed by atoms with Crippen molar-refractivity contribution >= 4 is 5.82 Å². The smallest absolute Gasteiger partial charge is 0.173 e. The van der Waals surface area contributed by atoms with Gasteiger partial charge in [0.15, 0.2) is 5.82 Å². The first-order valence-electron chi connectivity index (χ1n) is 3.83. The van der Waals surface area contributed by atoms with Crippen molar-refractivity contribution in [3.63, 3.8) is 0 Å². The summed E-state index contributed by atoms with van der Waals surface area (Å²) in [6.07, 6.45) is 0.806. The predicted molar refractivity (Wildman–Crippen MR) is 49.2 cm³/mol. The number of nitrogens with zero attached hydrogens (tertiary/aromatic N) is 3. The lowest BCUT2D eigenvalue weighted by molar-refractivity contribution is 0.909. The highest BCUT2D eigenvalue weighted by atomic mass is 15.4. The molecule has 0 aromatic carbocycles. The van der Waals surface area contributed by atoms with Crippen LogP contribution in [0.5, 0.6) is 0 Å². The largest absolute Gasteiger partial charge is 0.360 e. The Bertz CT molecular complexity index is 274. The normalized spacial score (nSPS) is 9.92. The maximum Gasteiger partial charge on any atom is 0.173 e. The quantitative estimate of drug-likeness (QED) is 0.681. The summed E-state index contributed by atoms with van der Waals surface area (Å²) in [5, 5.41) is 10.5. The summed E-state index contributed by atoms with van der Waals surface area (Å²) in [6.45, 7) is 5.82. The van der Waals surface area contributed by atoms with Gasteiger partial charge in [0.25, 0.3) is 0 Å². The third-order valence-corrected chi connectivity index (χ3v) is 1.50. The molecule has 1 N–H and O–H groups in total. The van der Waals surface area contributed by atoms with Gasteiger partial charge in [-0.1, -0.05) is 17.4 Å². The summed E-state index contributed by atoms with van der Waals surface area (Å²) in [6, 6.07) is 0. The molecule has 0 saturated carbocycles. The van der Waals surface area contributed by atoms with Gasteiger partial charge in [-0.2, -0.15) is 0 Å². The first-order valence-corrected chi connectivity index (χ1v) is 3.83. The van der Waals surface area contributed by atoms with E-state index in [1.54, 1.807) is 0 Å². The standard InChI is InChI=1S/C8H14N4/c1-6(2)5-7-8(12(3)4)10-11-9-7/h1,5H2,2-4H3,(H,9,10,11). The van der Waals surface area contributed by atoms with Gasteiger partial charge in [-0.15, -0.1) is 5.10 Å². The van der Waals surface area contributed by atoms with E-state index < -0.39 is 0 Å². The van der Waals surface area contributed by atoms with Crippen molar-refractivity contribution < 1.29 is 0 Å². The van der Waals surface area contributed by atoms with Crippen LogP contribution < -0.4 is 4.90 Å². The monoisotopic (exact) mass is 166 g/mol. The van der Waals surface area contributed by atoms with Crippen molar-refractivity contribution in [1.29, 1.82) is 0 Å². The van der Waals surface area contributed by atoms with E-state index in [1.165, 1.54) is 0 Å². The lowest BCUT2D eigenvalue weighted by Crippen LogP contribution is -2.11. The Kier molecular flexibility index (Phi) is 2.47. The number of aromatic nitrogens is 3. The van der Waals surface area contributed by atoms with Gasteiger partial charge in [0.1, 0.15) is 0 Å². The molecule has 0 aliphatic rings. The minimum absolute atomic E-state index is 0.806. The third-order valence-electron chi connectivity index (χ3n) is 1.50. The zero-order valence-electron chi connectivity index (χ0n) is 7.76. The van der Waals surface area contributed by atoms with Crippen LogP contribution in [-0.4, -0.2) is 29.5 Å². The van der Waals surface area contributed by atoms with Gasteiger partial charge in [-0.05, 0) is 6.92 Å². The lowest BCUT2D eigenvalue weighted by atomic mass is 10.2. The molecule has 1 aromatic heterocycles. The number of aromatic amines is 1. The van der Waals surface area contributed by atoms with Gasteiger partial charge in [0.2, 0.25) is 0 Å². The van der Waals surface area contributed by atoms with E-state index in [0.29, 0.717) is 0 Å². The molecule has 12 heavy (non-hydrogen) atoms. The molecule has 4 heteroatoms. The van der Waals surface area contributed by atoms with Gasteiger partial charge in [0.05, 0.1) is 5.69 Å². The van der Waals surface area contributed by atoms with Crippen molar-refractivity contribution in [2.45, 2.75) is 13.3 Å². The molecule has 0 aliphatic carbocycles. The maximum absolute atomic E-state index is 3.95. The fourth-order valence-corrected chi connectivity index (χ4v) is 1.02. The summed E-state index contributed by atoms with van der Waals surface area (Å²) in [4.78, 5) is 1.93. The van der Waals surface area contributed by atoms with Crippen LogP contribution in [0.3, 0.4) is 0 Å². The summed E-state index contributed by atoms with van der Waals surface area (Å²) in [7, 11) is 3.89. The summed E-state index contributed by atoms with van der Waals surface area (Å²) < 4.78 is 0. The van der Waals surface area contributed by atoms with Gasteiger partial charge >= 0.3 is 0 Å². The fourth-order valence-electron chi connectivity index (χ4n) is 1.02. The molecular formula is C8H14N4. The van der Waals surface area contributed by atoms with Crippen LogP contribution in [0, 0.1) is 0 Å². The van der Waals surface area contributed by atoms with E-state index in [4.69, 9.17) is 0 Å². The fraction of sp³-hybridized carbons (Fsp3) is 0.500. The van der Waals surface area contributed by atoms with Gasteiger partial charge < -0.3 is 4.90 Å². The lowest BCUT2D eigenvalue weighted by Gasteiger charge is -2.09. The molecule has 66 valence electrons. The molecule has 0 aliphatic heterocycles. The molecule has 1 aromatic rings. The Balaban J connectivity index is 2.84. The second kappa shape index (κ2) is 3.38. The highest BCUT2D eigenvalue weighted by Gasteiger charge is 2.07. The SMILES string of the molecule is C=C(C)Cc1[nH]nnc1N(C)C. The zero-order chi connectivity index (χ0) is 9.14. The predicted octanol–water partition coefficient (Wildman–Crippen LogP) is 0.989. The second-order valence-corrected chi connectivity index (χ2v) is 3.14. The van der Waals surface area contributed by atoms with Gasteiger partial charge in [-0.3, -0.25) is 5.10 Å². The van der Waals surface area contributed by atoms with Crippen molar-refractivity contribution in [1.82, 2.24) is 15.4 Å². The maximum atomic E-state index is 3.95. The van der Waals surface area contributed by atoms with E-state index >= 15 is 0 Å².